The summed E-state index contributed by atoms with van der Waals surface area (Å²) in [5.41, 5.74) is 4.55. The van der Waals surface area contributed by atoms with Crippen molar-refractivity contribution < 1.29 is 5.11 Å². The number of pyridine rings is 1. The van der Waals surface area contributed by atoms with Crippen LogP contribution in [0.5, 0.6) is 5.75 Å². The Bertz CT molecular complexity index is 1320. The molecule has 0 saturated carbocycles. The maximum absolute atomic E-state index is 10.7. The number of nitrogens with one attached hydrogen (secondary N) is 1. The van der Waals surface area contributed by atoms with Gasteiger partial charge in [-0.25, -0.2) is 0 Å². The number of rotatable bonds is 5. The summed E-state index contributed by atoms with van der Waals surface area (Å²) in [4.78, 5) is 8.60. The van der Waals surface area contributed by atoms with Gasteiger partial charge in [0.25, 0.3) is 0 Å². The Hall–Kier alpha value is -3.55. The molecule has 1 aliphatic rings. The zero-order valence-corrected chi connectivity index (χ0v) is 20.3. The monoisotopic (exact) mass is 489 g/mol. The predicted octanol–water partition coefficient (Wildman–Crippen LogP) is 5.47. The van der Waals surface area contributed by atoms with E-state index in [-0.39, 0.29) is 17.8 Å². The van der Waals surface area contributed by atoms with Crippen LogP contribution in [-0.4, -0.2) is 33.9 Å². The van der Waals surface area contributed by atoms with E-state index in [1.54, 1.807) is 24.4 Å². The Morgan fingerprint density at radius 2 is 1.82 bits per heavy atom. The Labute approximate surface area is 209 Å². The number of aromatic hydroxyl groups is 1. The first kappa shape index (κ1) is 22.3. The van der Waals surface area contributed by atoms with Crippen LogP contribution in [0.2, 0.25) is 5.02 Å². The van der Waals surface area contributed by atoms with Crippen molar-refractivity contribution in [1.29, 1.82) is 0 Å². The molecule has 2 aromatic carbocycles. The van der Waals surface area contributed by atoms with Crippen molar-refractivity contribution in [1.82, 2.24) is 14.9 Å². The van der Waals surface area contributed by atoms with Crippen LogP contribution < -0.4 is 15.1 Å². The first-order valence-corrected chi connectivity index (χ1v) is 11.7. The van der Waals surface area contributed by atoms with Crippen LogP contribution in [0.3, 0.4) is 0 Å². The molecule has 2 aromatic heterocycles. The van der Waals surface area contributed by atoms with Gasteiger partial charge in [0.15, 0.2) is 5.11 Å². The van der Waals surface area contributed by atoms with Gasteiger partial charge in [-0.15, -0.1) is 0 Å². The van der Waals surface area contributed by atoms with Crippen LogP contribution in [0.15, 0.2) is 85.2 Å². The van der Waals surface area contributed by atoms with E-state index in [2.05, 4.69) is 50.1 Å². The first-order chi connectivity index (χ1) is 16.4. The van der Waals surface area contributed by atoms with Crippen LogP contribution in [0, 0.1) is 0 Å². The summed E-state index contributed by atoms with van der Waals surface area (Å²) in [5, 5.41) is 15.2. The standard InChI is InChI=1S/C26H24ClN5OS/c1-30(2)18-9-11-19(12-10-18)31-15-5-7-21(31)25-24(20-6-3-4-14-28-20)29-26(34)32(25)22-16-17(27)8-13-23(22)33/h3-16,24-25,33H,1-2H3,(H,29,34)/t24-,25-/m1/s1. The van der Waals surface area contributed by atoms with Gasteiger partial charge in [0.05, 0.1) is 17.4 Å². The summed E-state index contributed by atoms with van der Waals surface area (Å²) in [6, 6.07) is 22.8. The molecule has 0 aliphatic carbocycles. The molecule has 1 aliphatic heterocycles. The third-order valence-electron chi connectivity index (χ3n) is 6.02. The molecule has 4 aromatic rings. The SMILES string of the molecule is CN(C)c1ccc(-n2cccc2[C@@H]2[C@@H](c3ccccn3)NC(=S)N2c2cc(Cl)ccc2O)cc1. The number of aromatic nitrogens is 2. The number of hydrogen-bond donors (Lipinski definition) is 2. The normalized spacial score (nSPS) is 17.6. The lowest BCUT2D eigenvalue weighted by Crippen LogP contribution is -2.30. The summed E-state index contributed by atoms with van der Waals surface area (Å²) in [7, 11) is 4.04. The average molecular weight is 490 g/mol. The second-order valence-corrected chi connectivity index (χ2v) is 9.17. The van der Waals surface area contributed by atoms with E-state index in [4.69, 9.17) is 23.8 Å². The summed E-state index contributed by atoms with van der Waals surface area (Å²) in [6.07, 6.45) is 3.81. The molecular formula is C26H24ClN5OS. The van der Waals surface area contributed by atoms with Gasteiger partial charge in [-0.05, 0) is 78.9 Å². The molecule has 0 radical (unpaired) electrons. The second kappa shape index (κ2) is 9.00. The van der Waals surface area contributed by atoms with Gasteiger partial charge in [-0.2, -0.15) is 0 Å². The minimum Gasteiger partial charge on any atom is -0.506 e. The fourth-order valence-corrected chi connectivity index (χ4v) is 4.89. The molecule has 172 valence electrons. The minimum atomic E-state index is -0.282. The molecule has 5 rings (SSSR count). The lowest BCUT2D eigenvalue weighted by atomic mass is 10.0. The molecule has 8 heteroatoms. The topological polar surface area (TPSA) is 56.6 Å². The highest BCUT2D eigenvalue weighted by atomic mass is 35.5. The lowest BCUT2D eigenvalue weighted by molar-refractivity contribution is 0.472. The summed E-state index contributed by atoms with van der Waals surface area (Å²) >= 11 is 12.1. The van der Waals surface area contributed by atoms with Gasteiger partial charge in [0, 0.05) is 48.6 Å². The van der Waals surface area contributed by atoms with Crippen molar-refractivity contribution in [3.63, 3.8) is 0 Å². The number of thiocarbonyl (C=S) groups is 1. The number of halogens is 1. The molecule has 2 atom stereocenters. The average Bonchev–Trinajstić information content (AvgIpc) is 3.45. The van der Waals surface area contributed by atoms with E-state index in [9.17, 15) is 5.11 Å². The molecule has 0 spiro atoms. The summed E-state index contributed by atoms with van der Waals surface area (Å²) < 4.78 is 2.14. The van der Waals surface area contributed by atoms with E-state index < -0.39 is 0 Å². The van der Waals surface area contributed by atoms with Gasteiger partial charge >= 0.3 is 0 Å². The van der Waals surface area contributed by atoms with Gasteiger partial charge in [-0.1, -0.05) is 17.7 Å². The summed E-state index contributed by atoms with van der Waals surface area (Å²) in [6.45, 7) is 0. The van der Waals surface area contributed by atoms with E-state index in [1.807, 2.05) is 49.5 Å². The van der Waals surface area contributed by atoms with Crippen molar-refractivity contribution in [2.45, 2.75) is 12.1 Å². The van der Waals surface area contributed by atoms with Gasteiger partial charge in [0.2, 0.25) is 0 Å². The van der Waals surface area contributed by atoms with E-state index in [1.165, 1.54) is 0 Å². The highest BCUT2D eigenvalue weighted by Gasteiger charge is 2.43. The Morgan fingerprint density at radius 3 is 2.53 bits per heavy atom. The molecule has 6 nitrogen and oxygen atoms in total. The van der Waals surface area contributed by atoms with Gasteiger partial charge in [-0.3, -0.25) is 4.98 Å². The minimum absolute atomic E-state index is 0.105. The van der Waals surface area contributed by atoms with E-state index in [0.717, 1.165) is 22.8 Å². The predicted molar refractivity (Wildman–Crippen MR) is 141 cm³/mol. The number of phenols is 1. The molecule has 0 bridgehead atoms. The maximum atomic E-state index is 10.7. The Morgan fingerprint density at radius 1 is 1.03 bits per heavy atom. The van der Waals surface area contributed by atoms with Crippen LogP contribution >= 0.6 is 23.8 Å². The number of benzene rings is 2. The van der Waals surface area contributed by atoms with Crippen LogP contribution in [0.25, 0.3) is 5.69 Å². The largest absolute Gasteiger partial charge is 0.506 e. The molecule has 34 heavy (non-hydrogen) atoms. The highest BCUT2D eigenvalue weighted by Crippen LogP contribution is 2.45. The fourth-order valence-electron chi connectivity index (χ4n) is 4.39. The third kappa shape index (κ3) is 3.97. The second-order valence-electron chi connectivity index (χ2n) is 8.34. The first-order valence-electron chi connectivity index (χ1n) is 10.9. The van der Waals surface area contributed by atoms with Crippen molar-refractivity contribution in [3.8, 4) is 11.4 Å². The number of hydrogen-bond acceptors (Lipinski definition) is 4. The zero-order chi connectivity index (χ0) is 23.8. The fraction of sp³-hybridized carbons (Fsp3) is 0.154. The van der Waals surface area contributed by atoms with Crippen molar-refractivity contribution in [3.05, 3.63) is 102 Å². The highest BCUT2D eigenvalue weighted by molar-refractivity contribution is 7.80. The molecule has 1 fully saturated rings. The van der Waals surface area contributed by atoms with Gasteiger partial charge < -0.3 is 24.8 Å². The van der Waals surface area contributed by atoms with Crippen molar-refractivity contribution in [2.24, 2.45) is 0 Å². The Balaban J connectivity index is 1.66. The maximum Gasteiger partial charge on any atom is 0.174 e. The lowest BCUT2D eigenvalue weighted by Gasteiger charge is -2.29. The smallest absolute Gasteiger partial charge is 0.174 e. The van der Waals surface area contributed by atoms with Crippen LogP contribution in [-0.2, 0) is 0 Å². The molecule has 2 N–H and O–H groups in total. The van der Waals surface area contributed by atoms with E-state index in [0.29, 0.717) is 15.8 Å². The van der Waals surface area contributed by atoms with Gasteiger partial charge in [0.1, 0.15) is 11.8 Å². The molecular weight excluding hydrogens is 466 g/mol. The zero-order valence-electron chi connectivity index (χ0n) is 18.8. The number of anilines is 2. The summed E-state index contributed by atoms with van der Waals surface area (Å²) in [5.74, 6) is 0.105. The Kier molecular flexibility index (Phi) is 5.89. The van der Waals surface area contributed by atoms with Crippen LogP contribution in [0.4, 0.5) is 11.4 Å². The van der Waals surface area contributed by atoms with Crippen molar-refractivity contribution >= 4 is 40.3 Å². The van der Waals surface area contributed by atoms with Crippen LogP contribution in [0.1, 0.15) is 23.5 Å². The third-order valence-corrected chi connectivity index (χ3v) is 6.57. The quantitative estimate of drug-likeness (QED) is 0.362. The van der Waals surface area contributed by atoms with E-state index >= 15 is 0 Å². The molecule has 3 heterocycles. The number of nitrogens with zero attached hydrogens (tertiary/aromatic N) is 4. The van der Waals surface area contributed by atoms with Crippen molar-refractivity contribution in [2.75, 3.05) is 23.9 Å². The molecule has 0 unspecified atom stereocenters. The number of phenolic OH excluding ortho intramolecular Hbond substituents is 1. The molecule has 0 amide bonds. The molecule has 1 saturated heterocycles.